The van der Waals surface area contributed by atoms with E-state index in [0.29, 0.717) is 23.9 Å². The number of allylic oxidation sites excluding steroid dienone is 1. The first kappa shape index (κ1) is 12.4. The maximum atomic E-state index is 12.4. The molecule has 0 fully saturated rings. The molecule has 0 atom stereocenters. The smallest absolute Gasteiger partial charge is 0.259 e. The van der Waals surface area contributed by atoms with E-state index in [1.54, 1.807) is 22.8 Å². The van der Waals surface area contributed by atoms with Gasteiger partial charge in [0.2, 0.25) is 0 Å². The van der Waals surface area contributed by atoms with Gasteiger partial charge in [-0.2, -0.15) is 0 Å². The average molecular weight is 243 g/mol. The first-order valence-electron chi connectivity index (χ1n) is 6.06. The van der Waals surface area contributed by atoms with Gasteiger partial charge in [0.25, 0.3) is 5.56 Å². The van der Waals surface area contributed by atoms with Gasteiger partial charge >= 0.3 is 0 Å². The van der Waals surface area contributed by atoms with Gasteiger partial charge in [-0.15, -0.1) is 6.58 Å². The fourth-order valence-electron chi connectivity index (χ4n) is 2.37. The summed E-state index contributed by atoms with van der Waals surface area (Å²) in [5.74, 6) is 0.158. The maximum Gasteiger partial charge on any atom is 0.259 e. The lowest BCUT2D eigenvalue weighted by molar-refractivity contribution is 0.470. The molecule has 1 N–H and O–H groups in total. The van der Waals surface area contributed by atoms with E-state index in [-0.39, 0.29) is 11.3 Å². The molecule has 3 heteroatoms. The number of phenols is 1. The number of aromatic nitrogens is 1. The van der Waals surface area contributed by atoms with Crippen LogP contribution in [0.5, 0.6) is 5.75 Å². The molecule has 0 radical (unpaired) electrons. The van der Waals surface area contributed by atoms with Crippen molar-refractivity contribution in [3.8, 4) is 5.75 Å². The molecule has 0 aliphatic rings. The molecule has 2 aromatic rings. The summed E-state index contributed by atoms with van der Waals surface area (Å²) in [4.78, 5) is 12.4. The molecule has 0 spiro atoms. The van der Waals surface area contributed by atoms with Crippen LogP contribution in [-0.4, -0.2) is 9.67 Å². The van der Waals surface area contributed by atoms with Gasteiger partial charge in [0.05, 0.1) is 5.39 Å². The van der Waals surface area contributed by atoms with E-state index in [1.165, 1.54) is 0 Å². The Labute approximate surface area is 106 Å². The van der Waals surface area contributed by atoms with Crippen molar-refractivity contribution in [1.82, 2.24) is 4.57 Å². The third-order valence-corrected chi connectivity index (χ3v) is 3.23. The zero-order chi connectivity index (χ0) is 13.3. The molecule has 0 saturated heterocycles. The number of benzene rings is 1. The normalized spacial score (nSPS) is 10.8. The Balaban J connectivity index is 2.95. The van der Waals surface area contributed by atoms with Gasteiger partial charge in [-0.25, -0.2) is 0 Å². The highest BCUT2D eigenvalue weighted by atomic mass is 16.3. The predicted octanol–water partition coefficient (Wildman–Crippen LogP) is 2.76. The summed E-state index contributed by atoms with van der Waals surface area (Å²) in [6.07, 6.45) is 2.19. The Hall–Kier alpha value is -2.03. The molecule has 1 aromatic carbocycles. The SMILES string of the molecule is C=CCc1c(O)ccc2cc(C)n(CC)c(=O)c12. The van der Waals surface area contributed by atoms with Crippen molar-refractivity contribution >= 4 is 10.8 Å². The number of hydrogen-bond donors (Lipinski definition) is 1. The van der Waals surface area contributed by atoms with E-state index in [1.807, 2.05) is 19.9 Å². The van der Waals surface area contributed by atoms with Gasteiger partial charge in [0, 0.05) is 17.8 Å². The van der Waals surface area contributed by atoms with Crippen molar-refractivity contribution in [2.24, 2.45) is 0 Å². The van der Waals surface area contributed by atoms with Gasteiger partial charge in [-0.05, 0) is 37.8 Å². The zero-order valence-electron chi connectivity index (χ0n) is 10.7. The fraction of sp³-hybridized carbons (Fsp3) is 0.267. The number of aromatic hydroxyl groups is 1. The van der Waals surface area contributed by atoms with E-state index in [9.17, 15) is 9.90 Å². The van der Waals surface area contributed by atoms with E-state index in [0.717, 1.165) is 11.1 Å². The third-order valence-electron chi connectivity index (χ3n) is 3.23. The van der Waals surface area contributed by atoms with Crippen LogP contribution < -0.4 is 5.56 Å². The molecule has 3 nitrogen and oxygen atoms in total. The third kappa shape index (κ3) is 1.82. The van der Waals surface area contributed by atoms with Crippen molar-refractivity contribution in [2.75, 3.05) is 0 Å². The minimum Gasteiger partial charge on any atom is -0.508 e. The molecular formula is C15H17NO2. The Morgan fingerprint density at radius 2 is 2.17 bits per heavy atom. The van der Waals surface area contributed by atoms with Crippen LogP contribution in [0.25, 0.3) is 10.8 Å². The molecule has 94 valence electrons. The Morgan fingerprint density at radius 3 is 2.78 bits per heavy atom. The topological polar surface area (TPSA) is 42.2 Å². The van der Waals surface area contributed by atoms with Gasteiger partial charge in [0.15, 0.2) is 0 Å². The number of nitrogens with zero attached hydrogens (tertiary/aromatic N) is 1. The summed E-state index contributed by atoms with van der Waals surface area (Å²) in [5.41, 5.74) is 1.56. The fourth-order valence-corrected chi connectivity index (χ4v) is 2.37. The maximum absolute atomic E-state index is 12.4. The largest absolute Gasteiger partial charge is 0.508 e. The predicted molar refractivity (Wildman–Crippen MR) is 74.2 cm³/mol. The highest BCUT2D eigenvalue weighted by Gasteiger charge is 2.12. The minimum absolute atomic E-state index is 0.0414. The number of hydrogen-bond acceptors (Lipinski definition) is 2. The van der Waals surface area contributed by atoms with Crippen LogP contribution in [0, 0.1) is 6.92 Å². The molecule has 0 aliphatic carbocycles. The molecule has 0 unspecified atom stereocenters. The molecule has 18 heavy (non-hydrogen) atoms. The standard InChI is InChI=1S/C15H17NO2/c1-4-6-12-13(17)8-7-11-9-10(3)16(5-2)15(18)14(11)12/h4,7-9,17H,1,5-6H2,2-3H3. The summed E-state index contributed by atoms with van der Waals surface area (Å²) < 4.78 is 1.72. The van der Waals surface area contributed by atoms with Crippen molar-refractivity contribution in [2.45, 2.75) is 26.8 Å². The second kappa shape index (κ2) is 4.69. The lowest BCUT2D eigenvalue weighted by Crippen LogP contribution is -2.22. The second-order valence-electron chi connectivity index (χ2n) is 4.36. The van der Waals surface area contributed by atoms with Gasteiger partial charge in [-0.3, -0.25) is 4.79 Å². The van der Waals surface area contributed by atoms with Crippen LogP contribution in [0.4, 0.5) is 0 Å². The van der Waals surface area contributed by atoms with Gasteiger partial charge in [-0.1, -0.05) is 12.1 Å². The van der Waals surface area contributed by atoms with E-state index < -0.39 is 0 Å². The molecule has 2 rings (SSSR count). The van der Waals surface area contributed by atoms with Gasteiger partial charge in [0.1, 0.15) is 5.75 Å². The Morgan fingerprint density at radius 1 is 1.44 bits per heavy atom. The molecule has 0 bridgehead atoms. The summed E-state index contributed by atoms with van der Waals surface area (Å²) in [6, 6.07) is 5.40. The molecule has 0 aliphatic heterocycles. The number of rotatable bonds is 3. The van der Waals surface area contributed by atoms with Crippen molar-refractivity contribution < 1.29 is 5.11 Å². The number of aryl methyl sites for hydroxylation is 1. The van der Waals surface area contributed by atoms with Gasteiger partial charge < -0.3 is 9.67 Å². The molecule has 0 amide bonds. The van der Waals surface area contributed by atoms with Crippen molar-refractivity contribution in [3.05, 3.63) is 52.5 Å². The van der Waals surface area contributed by atoms with Crippen LogP contribution in [0.3, 0.4) is 0 Å². The molecular weight excluding hydrogens is 226 g/mol. The first-order chi connectivity index (χ1) is 8.60. The molecule has 1 heterocycles. The highest BCUT2D eigenvalue weighted by Crippen LogP contribution is 2.26. The number of phenolic OH excluding ortho intramolecular Hbond substituents is 1. The summed E-state index contributed by atoms with van der Waals surface area (Å²) in [6.45, 7) is 8.16. The number of fused-ring (bicyclic) bond motifs is 1. The minimum atomic E-state index is -0.0414. The van der Waals surface area contributed by atoms with Crippen LogP contribution >= 0.6 is 0 Å². The zero-order valence-corrected chi connectivity index (χ0v) is 10.7. The second-order valence-corrected chi connectivity index (χ2v) is 4.36. The quantitative estimate of drug-likeness (QED) is 0.842. The summed E-state index contributed by atoms with van der Waals surface area (Å²) in [5, 5.41) is 11.4. The monoisotopic (exact) mass is 243 g/mol. The van der Waals surface area contributed by atoms with Crippen LogP contribution in [0.1, 0.15) is 18.2 Å². The van der Waals surface area contributed by atoms with E-state index >= 15 is 0 Å². The van der Waals surface area contributed by atoms with Crippen molar-refractivity contribution in [1.29, 1.82) is 0 Å². The van der Waals surface area contributed by atoms with E-state index in [2.05, 4.69) is 6.58 Å². The van der Waals surface area contributed by atoms with Crippen LogP contribution in [0.2, 0.25) is 0 Å². The lowest BCUT2D eigenvalue weighted by atomic mass is 10.0. The highest BCUT2D eigenvalue weighted by molar-refractivity contribution is 5.87. The summed E-state index contributed by atoms with van der Waals surface area (Å²) in [7, 11) is 0. The van der Waals surface area contributed by atoms with E-state index in [4.69, 9.17) is 0 Å². The molecule has 1 aromatic heterocycles. The Bertz CT molecular complexity index is 668. The average Bonchev–Trinajstić information content (AvgIpc) is 2.33. The lowest BCUT2D eigenvalue weighted by Gasteiger charge is -2.12. The van der Waals surface area contributed by atoms with Crippen molar-refractivity contribution in [3.63, 3.8) is 0 Å². The number of pyridine rings is 1. The molecule has 0 saturated carbocycles. The first-order valence-corrected chi connectivity index (χ1v) is 6.06. The van der Waals surface area contributed by atoms with Crippen LogP contribution in [-0.2, 0) is 13.0 Å². The Kier molecular flexibility index (Phi) is 3.24. The summed E-state index contributed by atoms with van der Waals surface area (Å²) >= 11 is 0. The van der Waals surface area contributed by atoms with Crippen LogP contribution in [0.15, 0.2) is 35.6 Å².